The minimum absolute atomic E-state index is 0.812. The average Bonchev–Trinajstić information content (AvgIpc) is 2.76. The van der Waals surface area contributed by atoms with Crippen LogP contribution in [0.3, 0.4) is 0 Å². The average molecular weight is 166 g/mol. The first-order valence-electron chi connectivity index (χ1n) is 4.53. The van der Waals surface area contributed by atoms with Crippen molar-refractivity contribution < 1.29 is 4.42 Å². The summed E-state index contributed by atoms with van der Waals surface area (Å²) in [6, 6.07) is 0. The molecule has 1 aromatic rings. The Hall–Kier alpha value is -0.830. The van der Waals surface area contributed by atoms with Crippen molar-refractivity contribution in [3.63, 3.8) is 0 Å². The summed E-state index contributed by atoms with van der Waals surface area (Å²) < 4.78 is 5.08. The molecule has 2 rings (SSSR count). The first-order valence-corrected chi connectivity index (χ1v) is 4.53. The van der Waals surface area contributed by atoms with Crippen LogP contribution in [0.4, 0.5) is 0 Å². The fourth-order valence-corrected chi connectivity index (χ4v) is 1.25. The number of rotatable bonds is 5. The molecular formula is C9H14N2O. The zero-order chi connectivity index (χ0) is 8.23. The predicted octanol–water partition coefficient (Wildman–Crippen LogP) is 1.56. The lowest BCUT2D eigenvalue weighted by Gasteiger charge is -1.99. The Morgan fingerprint density at radius 1 is 1.58 bits per heavy atom. The zero-order valence-electron chi connectivity index (χ0n) is 7.12. The van der Waals surface area contributed by atoms with Gasteiger partial charge in [-0.1, -0.05) is 12.8 Å². The quantitative estimate of drug-likeness (QED) is 0.675. The van der Waals surface area contributed by atoms with Crippen LogP contribution in [0, 0.1) is 5.92 Å². The third-order valence-corrected chi connectivity index (χ3v) is 2.21. The van der Waals surface area contributed by atoms with Crippen molar-refractivity contribution in [2.75, 3.05) is 6.54 Å². The summed E-state index contributed by atoms with van der Waals surface area (Å²) in [5, 5.41) is 3.33. The molecular weight excluding hydrogens is 152 g/mol. The molecule has 1 fully saturated rings. The maximum absolute atomic E-state index is 5.08. The summed E-state index contributed by atoms with van der Waals surface area (Å²) >= 11 is 0. The van der Waals surface area contributed by atoms with Gasteiger partial charge >= 0.3 is 0 Å². The van der Waals surface area contributed by atoms with E-state index in [1.54, 1.807) is 6.20 Å². The molecule has 0 radical (unpaired) electrons. The highest BCUT2D eigenvalue weighted by atomic mass is 16.3. The van der Waals surface area contributed by atoms with Gasteiger partial charge in [0.05, 0.1) is 12.7 Å². The van der Waals surface area contributed by atoms with Crippen molar-refractivity contribution >= 4 is 0 Å². The molecule has 12 heavy (non-hydrogen) atoms. The molecule has 0 unspecified atom stereocenters. The molecule has 1 saturated carbocycles. The van der Waals surface area contributed by atoms with Crippen LogP contribution >= 0.6 is 0 Å². The number of nitrogens with one attached hydrogen (secondary N) is 1. The molecule has 0 saturated heterocycles. The zero-order valence-corrected chi connectivity index (χ0v) is 7.12. The molecule has 0 aliphatic heterocycles. The van der Waals surface area contributed by atoms with Gasteiger partial charge in [0, 0.05) is 0 Å². The summed E-state index contributed by atoms with van der Waals surface area (Å²) in [4.78, 5) is 3.84. The van der Waals surface area contributed by atoms with Crippen molar-refractivity contribution in [3.8, 4) is 0 Å². The highest BCUT2D eigenvalue weighted by Gasteiger charge is 2.19. The molecule has 0 amide bonds. The van der Waals surface area contributed by atoms with Crippen LogP contribution in [0.1, 0.15) is 25.0 Å². The Balaban J connectivity index is 1.56. The molecule has 1 aliphatic carbocycles. The first kappa shape index (κ1) is 7.80. The van der Waals surface area contributed by atoms with Gasteiger partial charge in [-0.15, -0.1) is 0 Å². The SMILES string of the molecule is c1ncc(CNCCC2CC2)o1. The van der Waals surface area contributed by atoms with Crippen molar-refractivity contribution in [3.05, 3.63) is 18.4 Å². The molecule has 0 spiro atoms. The molecule has 66 valence electrons. The number of nitrogens with zero attached hydrogens (tertiary/aromatic N) is 1. The highest BCUT2D eigenvalue weighted by molar-refractivity contribution is 4.87. The standard InChI is InChI=1S/C9H14N2O/c1-2-8(1)3-4-10-5-9-6-11-7-12-9/h6-8,10H,1-5H2. The Kier molecular flexibility index (Phi) is 2.42. The van der Waals surface area contributed by atoms with E-state index in [0.29, 0.717) is 0 Å². The number of oxazole rings is 1. The maximum atomic E-state index is 5.08. The molecule has 1 aromatic heterocycles. The highest BCUT2D eigenvalue weighted by Crippen LogP contribution is 2.31. The van der Waals surface area contributed by atoms with E-state index < -0.39 is 0 Å². The van der Waals surface area contributed by atoms with E-state index in [-0.39, 0.29) is 0 Å². The van der Waals surface area contributed by atoms with Crippen LogP contribution in [-0.2, 0) is 6.54 Å². The summed E-state index contributed by atoms with van der Waals surface area (Å²) in [6.45, 7) is 1.91. The first-order chi connectivity index (χ1) is 5.95. The normalized spacial score (nSPS) is 16.7. The molecule has 1 N–H and O–H groups in total. The summed E-state index contributed by atoms with van der Waals surface area (Å²) in [6.07, 6.45) is 7.41. The third-order valence-electron chi connectivity index (χ3n) is 2.21. The van der Waals surface area contributed by atoms with Crippen LogP contribution in [0.2, 0.25) is 0 Å². The molecule has 1 aliphatic rings. The van der Waals surface area contributed by atoms with Gasteiger partial charge in [0.2, 0.25) is 0 Å². The van der Waals surface area contributed by atoms with E-state index in [9.17, 15) is 0 Å². The maximum Gasteiger partial charge on any atom is 0.180 e. The Labute approximate surface area is 72.2 Å². The van der Waals surface area contributed by atoms with Gasteiger partial charge in [-0.2, -0.15) is 0 Å². The number of hydrogen-bond donors (Lipinski definition) is 1. The second kappa shape index (κ2) is 3.72. The summed E-state index contributed by atoms with van der Waals surface area (Å²) in [7, 11) is 0. The monoisotopic (exact) mass is 166 g/mol. The van der Waals surface area contributed by atoms with Gasteiger partial charge in [-0.25, -0.2) is 4.98 Å². The lowest BCUT2D eigenvalue weighted by atomic mass is 10.3. The fourth-order valence-electron chi connectivity index (χ4n) is 1.25. The summed E-state index contributed by atoms with van der Waals surface area (Å²) in [5.41, 5.74) is 0. The minimum Gasteiger partial charge on any atom is -0.447 e. The molecule has 0 bridgehead atoms. The van der Waals surface area contributed by atoms with E-state index >= 15 is 0 Å². The van der Waals surface area contributed by atoms with Crippen LogP contribution < -0.4 is 5.32 Å². The lowest BCUT2D eigenvalue weighted by molar-refractivity contribution is 0.474. The molecule has 1 heterocycles. The lowest BCUT2D eigenvalue weighted by Crippen LogP contribution is -2.14. The van der Waals surface area contributed by atoms with Gasteiger partial charge in [0.25, 0.3) is 0 Å². The van der Waals surface area contributed by atoms with E-state index in [0.717, 1.165) is 24.8 Å². The molecule has 3 nitrogen and oxygen atoms in total. The van der Waals surface area contributed by atoms with Crippen LogP contribution in [0.5, 0.6) is 0 Å². The predicted molar refractivity (Wildman–Crippen MR) is 45.6 cm³/mol. The number of aromatic nitrogens is 1. The van der Waals surface area contributed by atoms with Gasteiger partial charge in [-0.3, -0.25) is 0 Å². The van der Waals surface area contributed by atoms with Crippen LogP contribution in [0.15, 0.2) is 17.0 Å². The molecule has 3 heteroatoms. The van der Waals surface area contributed by atoms with Crippen LogP contribution in [0.25, 0.3) is 0 Å². The van der Waals surface area contributed by atoms with Gasteiger partial charge < -0.3 is 9.73 Å². The van der Waals surface area contributed by atoms with Crippen LogP contribution in [-0.4, -0.2) is 11.5 Å². The Morgan fingerprint density at radius 3 is 3.17 bits per heavy atom. The van der Waals surface area contributed by atoms with Gasteiger partial charge in [-0.05, 0) is 18.9 Å². The van der Waals surface area contributed by atoms with Crippen molar-refractivity contribution in [1.29, 1.82) is 0 Å². The Morgan fingerprint density at radius 2 is 2.50 bits per heavy atom. The van der Waals surface area contributed by atoms with E-state index in [1.165, 1.54) is 25.7 Å². The molecule has 0 atom stereocenters. The van der Waals surface area contributed by atoms with E-state index in [4.69, 9.17) is 4.42 Å². The van der Waals surface area contributed by atoms with Gasteiger partial charge in [0.15, 0.2) is 6.39 Å². The van der Waals surface area contributed by atoms with Crippen molar-refractivity contribution in [2.45, 2.75) is 25.8 Å². The number of hydrogen-bond acceptors (Lipinski definition) is 3. The minimum atomic E-state index is 0.812. The second-order valence-electron chi connectivity index (χ2n) is 3.38. The van der Waals surface area contributed by atoms with E-state index in [2.05, 4.69) is 10.3 Å². The second-order valence-corrected chi connectivity index (χ2v) is 3.38. The summed E-state index contributed by atoms with van der Waals surface area (Å²) in [5.74, 6) is 1.93. The topological polar surface area (TPSA) is 38.1 Å². The van der Waals surface area contributed by atoms with Crippen molar-refractivity contribution in [2.24, 2.45) is 5.92 Å². The largest absolute Gasteiger partial charge is 0.447 e. The fraction of sp³-hybridized carbons (Fsp3) is 0.667. The smallest absolute Gasteiger partial charge is 0.180 e. The van der Waals surface area contributed by atoms with E-state index in [1.807, 2.05) is 0 Å². The van der Waals surface area contributed by atoms with Gasteiger partial charge in [0.1, 0.15) is 5.76 Å². The van der Waals surface area contributed by atoms with Crippen molar-refractivity contribution in [1.82, 2.24) is 10.3 Å². The third kappa shape index (κ3) is 2.34. The Bertz CT molecular complexity index is 216. The molecule has 0 aromatic carbocycles.